The van der Waals surface area contributed by atoms with Crippen LogP contribution in [0.1, 0.15) is 52.9 Å². The van der Waals surface area contributed by atoms with E-state index in [0.717, 1.165) is 12.3 Å². The van der Waals surface area contributed by atoms with E-state index >= 15 is 0 Å². The van der Waals surface area contributed by atoms with E-state index in [1.54, 1.807) is 0 Å². The molecule has 0 heterocycles. The zero-order valence-corrected chi connectivity index (χ0v) is 9.68. The second-order valence-corrected chi connectivity index (χ2v) is 4.53. The van der Waals surface area contributed by atoms with Crippen LogP contribution in [0.3, 0.4) is 0 Å². The van der Waals surface area contributed by atoms with Crippen LogP contribution in [-0.2, 0) is 4.79 Å². The van der Waals surface area contributed by atoms with Crippen LogP contribution in [0.2, 0.25) is 0 Å². The summed E-state index contributed by atoms with van der Waals surface area (Å²) < 4.78 is 0. The van der Waals surface area contributed by atoms with E-state index in [1.165, 1.54) is 19.3 Å². The molecule has 2 heteroatoms. The van der Waals surface area contributed by atoms with Crippen molar-refractivity contribution < 1.29 is 4.79 Å². The maximum absolute atomic E-state index is 11.4. The molecule has 1 amide bonds. The van der Waals surface area contributed by atoms with Crippen molar-refractivity contribution in [2.75, 3.05) is 0 Å². The van der Waals surface area contributed by atoms with Gasteiger partial charge in [-0.05, 0) is 31.1 Å². The molecule has 1 aliphatic carbocycles. The first-order valence-electron chi connectivity index (χ1n) is 5.98. The molecule has 0 aromatic rings. The van der Waals surface area contributed by atoms with Crippen LogP contribution in [0.25, 0.3) is 0 Å². The van der Waals surface area contributed by atoms with Gasteiger partial charge in [-0.1, -0.05) is 27.2 Å². The van der Waals surface area contributed by atoms with E-state index in [-0.39, 0.29) is 5.91 Å². The lowest BCUT2D eigenvalue weighted by molar-refractivity contribution is -0.122. The quantitative estimate of drug-likeness (QED) is 0.737. The Kier molecular flexibility index (Phi) is 4.43. The van der Waals surface area contributed by atoms with Crippen molar-refractivity contribution in [2.45, 2.75) is 58.9 Å². The van der Waals surface area contributed by atoms with E-state index in [9.17, 15) is 4.79 Å². The first-order chi connectivity index (χ1) is 6.69. The summed E-state index contributed by atoms with van der Waals surface area (Å²) >= 11 is 0. The molecule has 1 aliphatic rings. The van der Waals surface area contributed by atoms with E-state index in [2.05, 4.69) is 19.2 Å². The number of hydrogen-bond acceptors (Lipinski definition) is 1. The van der Waals surface area contributed by atoms with Gasteiger partial charge in [0.2, 0.25) is 5.91 Å². The lowest BCUT2D eigenvalue weighted by Gasteiger charge is -2.20. The Labute approximate surface area is 87.5 Å². The monoisotopic (exact) mass is 197 g/mol. The summed E-state index contributed by atoms with van der Waals surface area (Å²) in [6.45, 7) is 6.57. The van der Waals surface area contributed by atoms with E-state index < -0.39 is 0 Å². The molecule has 3 atom stereocenters. The number of carbonyl (C=O) groups excluding carboxylic acids is 1. The number of carbonyl (C=O) groups is 1. The van der Waals surface area contributed by atoms with Gasteiger partial charge >= 0.3 is 0 Å². The largest absolute Gasteiger partial charge is 0.353 e. The fourth-order valence-electron chi connectivity index (χ4n) is 2.53. The Balaban J connectivity index is 2.36. The predicted octanol–water partition coefficient (Wildman–Crippen LogP) is 2.73. The van der Waals surface area contributed by atoms with Gasteiger partial charge in [-0.2, -0.15) is 0 Å². The molecule has 2 nitrogen and oxygen atoms in total. The Morgan fingerprint density at radius 1 is 1.36 bits per heavy atom. The topological polar surface area (TPSA) is 29.1 Å². The minimum absolute atomic E-state index is 0.237. The fourth-order valence-corrected chi connectivity index (χ4v) is 2.53. The Morgan fingerprint density at radius 3 is 2.57 bits per heavy atom. The van der Waals surface area contributed by atoms with Crippen molar-refractivity contribution in [1.29, 1.82) is 0 Å². The van der Waals surface area contributed by atoms with Gasteiger partial charge in [-0.15, -0.1) is 0 Å². The van der Waals surface area contributed by atoms with Crippen LogP contribution < -0.4 is 5.32 Å². The molecule has 0 saturated heterocycles. The van der Waals surface area contributed by atoms with Crippen LogP contribution in [0.5, 0.6) is 0 Å². The van der Waals surface area contributed by atoms with Crippen LogP contribution in [0.4, 0.5) is 0 Å². The van der Waals surface area contributed by atoms with Gasteiger partial charge in [0.25, 0.3) is 0 Å². The number of rotatable bonds is 4. The fraction of sp³-hybridized carbons (Fsp3) is 0.917. The predicted molar refractivity (Wildman–Crippen MR) is 59.0 cm³/mol. The summed E-state index contributed by atoms with van der Waals surface area (Å²) in [5.74, 6) is 1.73. The molecule has 1 rings (SSSR count). The Morgan fingerprint density at radius 2 is 2.07 bits per heavy atom. The van der Waals surface area contributed by atoms with Gasteiger partial charge < -0.3 is 5.32 Å². The van der Waals surface area contributed by atoms with Crippen molar-refractivity contribution in [3.05, 3.63) is 0 Å². The molecule has 14 heavy (non-hydrogen) atoms. The minimum atomic E-state index is 0.237. The van der Waals surface area contributed by atoms with Gasteiger partial charge in [0.05, 0.1) is 0 Å². The van der Waals surface area contributed by atoms with E-state index in [4.69, 9.17) is 0 Å². The standard InChI is InChI=1S/C12H23NO/c1-4-6-12(14)13-11-8-7-10(5-2)9(11)3/h9-11H,4-8H2,1-3H3,(H,13,14). The van der Waals surface area contributed by atoms with Gasteiger partial charge in [0.15, 0.2) is 0 Å². The van der Waals surface area contributed by atoms with Crippen molar-refractivity contribution in [2.24, 2.45) is 11.8 Å². The summed E-state index contributed by atoms with van der Waals surface area (Å²) in [5, 5.41) is 3.15. The van der Waals surface area contributed by atoms with Crippen LogP contribution in [0, 0.1) is 11.8 Å². The summed E-state index contributed by atoms with van der Waals surface area (Å²) in [5.41, 5.74) is 0. The Hall–Kier alpha value is -0.530. The summed E-state index contributed by atoms with van der Waals surface area (Å²) in [7, 11) is 0. The first kappa shape index (κ1) is 11.5. The average molecular weight is 197 g/mol. The third kappa shape index (κ3) is 2.73. The Bertz CT molecular complexity index is 191. The molecule has 3 unspecified atom stereocenters. The van der Waals surface area contributed by atoms with Crippen molar-refractivity contribution in [3.63, 3.8) is 0 Å². The second-order valence-electron chi connectivity index (χ2n) is 4.53. The number of amides is 1. The normalized spacial score (nSPS) is 31.8. The molecular formula is C12H23NO. The molecule has 1 saturated carbocycles. The SMILES string of the molecule is CCCC(=O)NC1CCC(CC)C1C. The summed E-state index contributed by atoms with van der Waals surface area (Å²) in [4.78, 5) is 11.4. The van der Waals surface area contributed by atoms with Gasteiger partial charge in [-0.25, -0.2) is 0 Å². The van der Waals surface area contributed by atoms with E-state index in [1.807, 2.05) is 6.92 Å². The summed E-state index contributed by atoms with van der Waals surface area (Å²) in [6.07, 6.45) is 5.34. The van der Waals surface area contributed by atoms with Crippen LogP contribution in [-0.4, -0.2) is 11.9 Å². The van der Waals surface area contributed by atoms with Crippen LogP contribution >= 0.6 is 0 Å². The van der Waals surface area contributed by atoms with Crippen LogP contribution in [0.15, 0.2) is 0 Å². The van der Waals surface area contributed by atoms with Crippen molar-refractivity contribution >= 4 is 5.91 Å². The first-order valence-corrected chi connectivity index (χ1v) is 5.98. The lowest BCUT2D eigenvalue weighted by atomic mass is 9.93. The highest BCUT2D eigenvalue weighted by Gasteiger charge is 2.31. The summed E-state index contributed by atoms with van der Waals surface area (Å²) in [6, 6.07) is 0.444. The maximum Gasteiger partial charge on any atom is 0.220 e. The minimum Gasteiger partial charge on any atom is -0.353 e. The highest BCUT2D eigenvalue weighted by Crippen LogP contribution is 2.33. The molecule has 82 valence electrons. The molecule has 0 radical (unpaired) electrons. The highest BCUT2D eigenvalue weighted by atomic mass is 16.1. The zero-order chi connectivity index (χ0) is 10.6. The molecule has 1 N–H and O–H groups in total. The van der Waals surface area contributed by atoms with Crippen molar-refractivity contribution in [3.8, 4) is 0 Å². The number of hydrogen-bond donors (Lipinski definition) is 1. The molecule has 0 aromatic heterocycles. The third-order valence-corrected chi connectivity index (χ3v) is 3.57. The van der Waals surface area contributed by atoms with Gasteiger partial charge in [0, 0.05) is 12.5 Å². The highest BCUT2D eigenvalue weighted by molar-refractivity contribution is 5.76. The molecule has 0 aliphatic heterocycles. The van der Waals surface area contributed by atoms with Crippen molar-refractivity contribution in [1.82, 2.24) is 5.32 Å². The average Bonchev–Trinajstić information content (AvgIpc) is 2.48. The molecule has 1 fully saturated rings. The third-order valence-electron chi connectivity index (χ3n) is 3.57. The second kappa shape index (κ2) is 5.38. The molecule has 0 bridgehead atoms. The number of nitrogens with one attached hydrogen (secondary N) is 1. The van der Waals surface area contributed by atoms with E-state index in [0.29, 0.717) is 18.4 Å². The zero-order valence-electron chi connectivity index (χ0n) is 9.68. The maximum atomic E-state index is 11.4. The molecule has 0 spiro atoms. The smallest absolute Gasteiger partial charge is 0.220 e. The molecular weight excluding hydrogens is 174 g/mol. The lowest BCUT2D eigenvalue weighted by Crippen LogP contribution is -2.37. The van der Waals surface area contributed by atoms with Gasteiger partial charge in [-0.3, -0.25) is 4.79 Å². The van der Waals surface area contributed by atoms with Gasteiger partial charge in [0.1, 0.15) is 0 Å². The molecule has 0 aromatic carbocycles.